The first-order valence-corrected chi connectivity index (χ1v) is 9.02. The molecular formula is C23H15F2NO4. The van der Waals surface area contributed by atoms with Crippen LogP contribution in [0.5, 0.6) is 11.5 Å². The van der Waals surface area contributed by atoms with Crippen LogP contribution in [0.25, 0.3) is 11.0 Å². The zero-order valence-electron chi connectivity index (χ0n) is 15.5. The average molecular weight is 407 g/mol. The fraction of sp³-hybridized carbons (Fsp3) is 0.0435. The molecule has 0 atom stereocenters. The smallest absolute Gasteiger partial charge is 0.287 e. The summed E-state index contributed by atoms with van der Waals surface area (Å²) in [5.74, 6) is -0.885. The summed E-state index contributed by atoms with van der Waals surface area (Å²) in [4.78, 5) is 24.6. The summed E-state index contributed by atoms with van der Waals surface area (Å²) in [5.41, 5.74) is 0.207. The normalized spacial score (nSPS) is 10.7. The number of hydrogen-bond donors (Lipinski definition) is 1. The second kappa shape index (κ2) is 8.16. The van der Waals surface area contributed by atoms with Gasteiger partial charge in [-0.15, -0.1) is 0 Å². The monoisotopic (exact) mass is 407 g/mol. The topological polar surface area (TPSA) is 68.5 Å². The summed E-state index contributed by atoms with van der Waals surface area (Å²) in [6, 6.07) is 17.1. The number of carbonyl (C=O) groups excluding carboxylic acids is 1. The summed E-state index contributed by atoms with van der Waals surface area (Å²) in [6.45, 7) is 0.0844. The van der Waals surface area contributed by atoms with Crippen LogP contribution in [0.15, 0.2) is 82.0 Å². The third kappa shape index (κ3) is 4.20. The van der Waals surface area contributed by atoms with Gasteiger partial charge in [-0.1, -0.05) is 18.2 Å². The average Bonchev–Trinajstić information content (AvgIpc) is 2.74. The molecule has 0 unspecified atom stereocenters. The molecule has 0 aliphatic heterocycles. The second-order valence-corrected chi connectivity index (χ2v) is 6.46. The second-order valence-electron chi connectivity index (χ2n) is 6.46. The molecule has 0 bridgehead atoms. The first kappa shape index (κ1) is 19.3. The van der Waals surface area contributed by atoms with Gasteiger partial charge in [0.1, 0.15) is 28.7 Å². The fourth-order valence-corrected chi connectivity index (χ4v) is 2.88. The molecule has 1 aromatic heterocycles. The highest BCUT2D eigenvalue weighted by Crippen LogP contribution is 2.25. The van der Waals surface area contributed by atoms with Gasteiger partial charge in [-0.2, -0.15) is 0 Å². The van der Waals surface area contributed by atoms with Crippen LogP contribution in [0.1, 0.15) is 16.1 Å². The van der Waals surface area contributed by atoms with Crippen molar-refractivity contribution < 1.29 is 22.7 Å². The van der Waals surface area contributed by atoms with E-state index in [1.165, 1.54) is 30.3 Å². The van der Waals surface area contributed by atoms with Crippen LogP contribution >= 0.6 is 0 Å². The number of para-hydroxylation sites is 1. The van der Waals surface area contributed by atoms with Crippen molar-refractivity contribution in [3.8, 4) is 11.5 Å². The number of rotatable bonds is 5. The Morgan fingerprint density at radius 2 is 1.67 bits per heavy atom. The summed E-state index contributed by atoms with van der Waals surface area (Å²) >= 11 is 0. The molecule has 1 N–H and O–H groups in total. The molecule has 0 saturated heterocycles. The molecule has 0 saturated carbocycles. The lowest BCUT2D eigenvalue weighted by Gasteiger charge is -2.12. The van der Waals surface area contributed by atoms with Gasteiger partial charge in [0.15, 0.2) is 11.2 Å². The lowest BCUT2D eigenvalue weighted by Crippen LogP contribution is -2.24. The van der Waals surface area contributed by atoms with Crippen LogP contribution in [0.3, 0.4) is 0 Å². The first-order chi connectivity index (χ1) is 14.5. The molecule has 4 aromatic rings. The predicted octanol–water partition coefficient (Wildman–Crippen LogP) is 4.79. The van der Waals surface area contributed by atoms with Crippen molar-refractivity contribution in [3.05, 3.63) is 106 Å². The largest absolute Gasteiger partial charge is 0.457 e. The minimum atomic E-state index is -0.630. The van der Waals surface area contributed by atoms with Crippen LogP contribution in [0.2, 0.25) is 0 Å². The molecule has 1 amide bonds. The van der Waals surface area contributed by atoms with E-state index >= 15 is 0 Å². The lowest BCUT2D eigenvalue weighted by molar-refractivity contribution is 0.0923. The molecule has 0 aliphatic carbocycles. The Kier molecular flexibility index (Phi) is 5.26. The molecule has 0 fully saturated rings. The van der Waals surface area contributed by atoms with E-state index in [1.807, 2.05) is 0 Å². The SMILES string of the molecule is O=C(NCc1ccccc1Oc1ccc(F)cc1)c1cc(=O)c2ccc(F)cc2o1. The van der Waals surface area contributed by atoms with Crippen molar-refractivity contribution >= 4 is 16.9 Å². The molecule has 0 aliphatic rings. The molecule has 0 radical (unpaired) electrons. The Balaban J connectivity index is 1.52. The van der Waals surface area contributed by atoms with Crippen molar-refractivity contribution in [1.82, 2.24) is 5.32 Å². The van der Waals surface area contributed by atoms with Crippen LogP contribution in [-0.2, 0) is 6.54 Å². The van der Waals surface area contributed by atoms with Gasteiger partial charge in [-0.3, -0.25) is 9.59 Å². The highest BCUT2D eigenvalue weighted by Gasteiger charge is 2.14. The van der Waals surface area contributed by atoms with Crippen LogP contribution in [-0.4, -0.2) is 5.91 Å². The van der Waals surface area contributed by atoms with Crippen molar-refractivity contribution in [2.45, 2.75) is 6.54 Å². The van der Waals surface area contributed by atoms with E-state index in [4.69, 9.17) is 9.15 Å². The van der Waals surface area contributed by atoms with Gasteiger partial charge in [-0.25, -0.2) is 8.78 Å². The van der Waals surface area contributed by atoms with E-state index in [0.29, 0.717) is 17.1 Å². The standard InChI is InChI=1S/C23H15F2NO4/c24-15-5-8-17(9-6-15)29-20-4-2-1-3-14(20)13-26-23(28)22-12-19(27)18-10-7-16(25)11-21(18)30-22/h1-12H,13H2,(H,26,28). The number of amides is 1. The van der Waals surface area contributed by atoms with Crippen LogP contribution in [0.4, 0.5) is 8.78 Å². The number of benzene rings is 3. The van der Waals surface area contributed by atoms with Gasteiger partial charge >= 0.3 is 0 Å². The van der Waals surface area contributed by atoms with Crippen molar-refractivity contribution in [3.63, 3.8) is 0 Å². The molecular weight excluding hydrogens is 392 g/mol. The fourth-order valence-electron chi connectivity index (χ4n) is 2.88. The summed E-state index contributed by atoms with van der Waals surface area (Å²) in [7, 11) is 0. The van der Waals surface area contributed by atoms with Crippen LogP contribution < -0.4 is 15.5 Å². The number of fused-ring (bicyclic) bond motifs is 1. The molecule has 30 heavy (non-hydrogen) atoms. The van der Waals surface area contributed by atoms with E-state index in [-0.39, 0.29) is 29.1 Å². The number of carbonyl (C=O) groups is 1. The highest BCUT2D eigenvalue weighted by molar-refractivity contribution is 5.93. The zero-order valence-corrected chi connectivity index (χ0v) is 15.5. The van der Waals surface area contributed by atoms with Gasteiger partial charge < -0.3 is 14.5 Å². The zero-order chi connectivity index (χ0) is 21.1. The quantitative estimate of drug-likeness (QED) is 0.516. The Bertz CT molecular complexity index is 1280. The number of halogens is 2. The van der Waals surface area contributed by atoms with E-state index in [9.17, 15) is 18.4 Å². The minimum absolute atomic E-state index is 0.00677. The van der Waals surface area contributed by atoms with E-state index < -0.39 is 17.2 Å². The van der Waals surface area contributed by atoms with Crippen molar-refractivity contribution in [1.29, 1.82) is 0 Å². The molecule has 150 valence electrons. The van der Waals surface area contributed by atoms with Crippen molar-refractivity contribution in [2.24, 2.45) is 0 Å². The van der Waals surface area contributed by atoms with Gasteiger partial charge in [0.25, 0.3) is 5.91 Å². The number of ether oxygens (including phenoxy) is 1. The van der Waals surface area contributed by atoms with Gasteiger partial charge in [0, 0.05) is 24.2 Å². The summed E-state index contributed by atoms with van der Waals surface area (Å²) in [5, 5.41) is 2.84. The maximum absolute atomic E-state index is 13.4. The van der Waals surface area contributed by atoms with E-state index in [0.717, 1.165) is 18.2 Å². The number of hydrogen-bond acceptors (Lipinski definition) is 4. The number of nitrogens with one attached hydrogen (secondary N) is 1. The Labute approximate surface area is 169 Å². The Morgan fingerprint density at radius 3 is 2.47 bits per heavy atom. The molecule has 3 aromatic carbocycles. The molecule has 0 spiro atoms. The third-order valence-corrected chi connectivity index (χ3v) is 4.37. The van der Waals surface area contributed by atoms with Crippen LogP contribution in [0, 0.1) is 11.6 Å². The maximum atomic E-state index is 13.4. The minimum Gasteiger partial charge on any atom is -0.457 e. The lowest BCUT2D eigenvalue weighted by atomic mass is 10.2. The maximum Gasteiger partial charge on any atom is 0.287 e. The Morgan fingerprint density at radius 1 is 0.933 bits per heavy atom. The van der Waals surface area contributed by atoms with Gasteiger partial charge in [-0.05, 0) is 42.5 Å². The molecule has 4 rings (SSSR count). The molecule has 1 heterocycles. The Hall–Kier alpha value is -4.00. The third-order valence-electron chi connectivity index (χ3n) is 4.37. The first-order valence-electron chi connectivity index (χ1n) is 9.02. The highest BCUT2D eigenvalue weighted by atomic mass is 19.1. The predicted molar refractivity (Wildman–Crippen MR) is 107 cm³/mol. The van der Waals surface area contributed by atoms with Gasteiger partial charge in [0.2, 0.25) is 0 Å². The molecule has 5 nitrogen and oxygen atoms in total. The van der Waals surface area contributed by atoms with E-state index in [2.05, 4.69) is 5.32 Å². The van der Waals surface area contributed by atoms with E-state index in [1.54, 1.807) is 24.3 Å². The van der Waals surface area contributed by atoms with Crippen molar-refractivity contribution in [2.75, 3.05) is 0 Å². The summed E-state index contributed by atoms with van der Waals surface area (Å²) < 4.78 is 37.6. The molecule has 7 heteroatoms. The van der Waals surface area contributed by atoms with Gasteiger partial charge in [0.05, 0.1) is 5.39 Å². The summed E-state index contributed by atoms with van der Waals surface area (Å²) in [6.07, 6.45) is 0.